The molecule has 0 aromatic carbocycles. The molecule has 86 valence electrons. The maximum atomic E-state index is 5.29. The Labute approximate surface area is 90.0 Å². The fraction of sp³-hybridized carbons (Fsp3) is 0.800. The molecule has 1 aromatic rings. The van der Waals surface area contributed by atoms with Gasteiger partial charge in [-0.2, -0.15) is 4.98 Å². The lowest BCUT2D eigenvalue weighted by atomic mass is 9.92. The van der Waals surface area contributed by atoms with E-state index in [0.717, 1.165) is 12.2 Å². The lowest BCUT2D eigenvalue weighted by Gasteiger charge is -2.14. The lowest BCUT2D eigenvalue weighted by Crippen LogP contribution is -2.10. The summed E-state index contributed by atoms with van der Waals surface area (Å²) in [4.78, 5) is 4.22. The molecule has 0 aliphatic carbocycles. The zero-order chi connectivity index (χ0) is 11.3. The van der Waals surface area contributed by atoms with E-state index in [1.807, 2.05) is 0 Å². The first-order valence-corrected chi connectivity index (χ1v) is 5.10. The second-order valence-corrected chi connectivity index (χ2v) is 4.68. The van der Waals surface area contributed by atoms with Gasteiger partial charge in [-0.05, 0) is 5.41 Å². The summed E-state index contributed by atoms with van der Waals surface area (Å²) in [5.74, 6) is 1.25. The fourth-order valence-electron chi connectivity index (χ4n) is 1.14. The van der Waals surface area contributed by atoms with E-state index in [-0.39, 0.29) is 5.41 Å². The Bertz CT molecular complexity index is 291. The van der Waals surface area contributed by atoms with E-state index >= 15 is 0 Å². The van der Waals surface area contributed by atoms with Crippen LogP contribution in [0.3, 0.4) is 0 Å². The van der Waals surface area contributed by atoms with Gasteiger partial charge >= 0.3 is 0 Å². The summed E-state index contributed by atoms with van der Waals surface area (Å²) >= 11 is 0. The summed E-state index contributed by atoms with van der Waals surface area (Å²) in [5, 5.41) is 3.88. The normalized spacial score (nSPS) is 12.0. The van der Waals surface area contributed by atoms with Crippen molar-refractivity contribution >= 4 is 0 Å². The zero-order valence-electron chi connectivity index (χ0n) is 9.62. The van der Waals surface area contributed by atoms with Crippen LogP contribution in [-0.2, 0) is 17.8 Å². The summed E-state index contributed by atoms with van der Waals surface area (Å²) < 4.78 is 10.2. The molecule has 0 aliphatic heterocycles. The maximum Gasteiger partial charge on any atom is 0.252 e. The van der Waals surface area contributed by atoms with Crippen molar-refractivity contribution in [2.75, 3.05) is 13.2 Å². The standard InChI is InChI=1S/C10H19N3O2/c1-10(2,3)6-8-12-9(15-13-8)7-14-5-4-11/h4-7,11H2,1-3H3. The van der Waals surface area contributed by atoms with Crippen LogP contribution in [0.5, 0.6) is 0 Å². The van der Waals surface area contributed by atoms with Crippen molar-refractivity contribution in [1.82, 2.24) is 10.1 Å². The molecule has 1 heterocycles. The lowest BCUT2D eigenvalue weighted by molar-refractivity contribution is 0.104. The van der Waals surface area contributed by atoms with Gasteiger partial charge in [-0.1, -0.05) is 25.9 Å². The van der Waals surface area contributed by atoms with E-state index in [0.29, 0.717) is 25.6 Å². The smallest absolute Gasteiger partial charge is 0.252 e. The van der Waals surface area contributed by atoms with E-state index in [9.17, 15) is 0 Å². The molecule has 1 rings (SSSR count). The Morgan fingerprint density at radius 2 is 2.13 bits per heavy atom. The largest absolute Gasteiger partial charge is 0.370 e. The number of rotatable bonds is 5. The van der Waals surface area contributed by atoms with Gasteiger partial charge in [0.05, 0.1) is 6.61 Å². The van der Waals surface area contributed by atoms with Crippen molar-refractivity contribution in [3.63, 3.8) is 0 Å². The monoisotopic (exact) mass is 213 g/mol. The quantitative estimate of drug-likeness (QED) is 0.742. The second-order valence-electron chi connectivity index (χ2n) is 4.68. The van der Waals surface area contributed by atoms with Crippen molar-refractivity contribution in [3.05, 3.63) is 11.7 Å². The SMILES string of the molecule is CC(C)(C)Cc1noc(COCCN)n1. The highest BCUT2D eigenvalue weighted by Gasteiger charge is 2.16. The zero-order valence-corrected chi connectivity index (χ0v) is 9.62. The third kappa shape index (κ3) is 4.90. The van der Waals surface area contributed by atoms with E-state index in [2.05, 4.69) is 30.9 Å². The van der Waals surface area contributed by atoms with Crippen LogP contribution in [0.1, 0.15) is 32.5 Å². The third-order valence-electron chi connectivity index (χ3n) is 1.69. The predicted molar refractivity (Wildman–Crippen MR) is 56.2 cm³/mol. The Morgan fingerprint density at radius 3 is 2.73 bits per heavy atom. The molecule has 0 saturated heterocycles. The maximum absolute atomic E-state index is 5.29. The van der Waals surface area contributed by atoms with Gasteiger partial charge in [-0.3, -0.25) is 0 Å². The Hall–Kier alpha value is -0.940. The molecule has 0 bridgehead atoms. The fourth-order valence-corrected chi connectivity index (χ4v) is 1.14. The summed E-state index contributed by atoms with van der Waals surface area (Å²) in [5.41, 5.74) is 5.46. The number of nitrogens with zero attached hydrogens (tertiary/aromatic N) is 2. The molecule has 5 nitrogen and oxygen atoms in total. The van der Waals surface area contributed by atoms with Crippen LogP contribution in [0.25, 0.3) is 0 Å². The van der Waals surface area contributed by atoms with Gasteiger partial charge in [0.25, 0.3) is 5.89 Å². The molecule has 0 fully saturated rings. The Balaban J connectivity index is 2.42. The van der Waals surface area contributed by atoms with Crippen molar-refractivity contribution < 1.29 is 9.26 Å². The molecule has 0 unspecified atom stereocenters. The summed E-state index contributed by atoms with van der Waals surface area (Å²) in [6.45, 7) is 7.75. The van der Waals surface area contributed by atoms with Gasteiger partial charge in [0.2, 0.25) is 0 Å². The highest BCUT2D eigenvalue weighted by Crippen LogP contribution is 2.18. The molecule has 0 amide bonds. The number of ether oxygens (including phenoxy) is 1. The summed E-state index contributed by atoms with van der Waals surface area (Å²) in [7, 11) is 0. The molecule has 0 aliphatic rings. The molecule has 0 spiro atoms. The molecule has 15 heavy (non-hydrogen) atoms. The molecule has 5 heteroatoms. The minimum Gasteiger partial charge on any atom is -0.370 e. The van der Waals surface area contributed by atoms with Crippen LogP contribution in [0.2, 0.25) is 0 Å². The Morgan fingerprint density at radius 1 is 1.40 bits per heavy atom. The van der Waals surface area contributed by atoms with Gasteiger partial charge in [-0.15, -0.1) is 0 Å². The number of hydrogen-bond donors (Lipinski definition) is 1. The van der Waals surface area contributed by atoms with Crippen molar-refractivity contribution in [2.45, 2.75) is 33.8 Å². The highest BCUT2D eigenvalue weighted by atomic mass is 16.5. The second kappa shape index (κ2) is 5.23. The van der Waals surface area contributed by atoms with Crippen LogP contribution in [0.15, 0.2) is 4.52 Å². The van der Waals surface area contributed by atoms with Crippen LogP contribution >= 0.6 is 0 Å². The Kier molecular flexibility index (Phi) is 4.23. The van der Waals surface area contributed by atoms with Crippen LogP contribution in [0, 0.1) is 5.41 Å². The molecule has 0 saturated carbocycles. The van der Waals surface area contributed by atoms with Crippen LogP contribution < -0.4 is 5.73 Å². The van der Waals surface area contributed by atoms with Gasteiger partial charge in [0, 0.05) is 13.0 Å². The van der Waals surface area contributed by atoms with E-state index in [4.69, 9.17) is 15.0 Å². The van der Waals surface area contributed by atoms with Gasteiger partial charge in [-0.25, -0.2) is 0 Å². The first-order chi connectivity index (χ1) is 7.01. The first kappa shape index (κ1) is 12.1. The molecular formula is C10H19N3O2. The number of hydrogen-bond acceptors (Lipinski definition) is 5. The predicted octanol–water partition coefficient (Wildman–Crippen LogP) is 1.13. The van der Waals surface area contributed by atoms with Gasteiger partial charge in [0.15, 0.2) is 5.82 Å². The average molecular weight is 213 g/mol. The third-order valence-corrected chi connectivity index (χ3v) is 1.69. The van der Waals surface area contributed by atoms with Gasteiger partial charge in [0.1, 0.15) is 6.61 Å². The van der Waals surface area contributed by atoms with Crippen molar-refractivity contribution in [1.29, 1.82) is 0 Å². The average Bonchev–Trinajstić information content (AvgIpc) is 2.50. The van der Waals surface area contributed by atoms with Crippen molar-refractivity contribution in [2.24, 2.45) is 11.1 Å². The van der Waals surface area contributed by atoms with E-state index in [1.54, 1.807) is 0 Å². The minimum atomic E-state index is 0.166. The van der Waals surface area contributed by atoms with Crippen LogP contribution in [0.4, 0.5) is 0 Å². The van der Waals surface area contributed by atoms with Gasteiger partial charge < -0.3 is 15.0 Å². The number of aromatic nitrogens is 2. The summed E-state index contributed by atoms with van der Waals surface area (Å²) in [6, 6.07) is 0. The first-order valence-electron chi connectivity index (χ1n) is 5.10. The van der Waals surface area contributed by atoms with Crippen molar-refractivity contribution in [3.8, 4) is 0 Å². The molecule has 0 atom stereocenters. The van der Waals surface area contributed by atoms with Crippen LogP contribution in [-0.4, -0.2) is 23.3 Å². The molecule has 2 N–H and O–H groups in total. The van der Waals surface area contributed by atoms with E-state index < -0.39 is 0 Å². The number of nitrogens with two attached hydrogens (primary N) is 1. The van der Waals surface area contributed by atoms with E-state index in [1.165, 1.54) is 0 Å². The molecule has 1 aromatic heterocycles. The minimum absolute atomic E-state index is 0.166. The summed E-state index contributed by atoms with van der Waals surface area (Å²) in [6.07, 6.45) is 0.799. The highest BCUT2D eigenvalue weighted by molar-refractivity contribution is 4.89. The molecule has 0 radical (unpaired) electrons. The molecular weight excluding hydrogens is 194 g/mol. The topological polar surface area (TPSA) is 74.2 Å².